The van der Waals surface area contributed by atoms with Crippen LogP contribution in [0.25, 0.3) is 22.0 Å². The van der Waals surface area contributed by atoms with Crippen LogP contribution in [0.3, 0.4) is 0 Å². The van der Waals surface area contributed by atoms with Crippen molar-refractivity contribution in [2.24, 2.45) is 0 Å². The second-order valence-corrected chi connectivity index (χ2v) is 8.06. The summed E-state index contributed by atoms with van der Waals surface area (Å²) in [4.78, 5) is 6.88. The van der Waals surface area contributed by atoms with Crippen molar-refractivity contribution in [3.8, 4) is 11.1 Å². The molecule has 2 heterocycles. The molecule has 0 saturated carbocycles. The first-order valence-corrected chi connectivity index (χ1v) is 10.5. The molecule has 5 heteroatoms. The first kappa shape index (κ1) is 20.6. The van der Waals surface area contributed by atoms with Crippen LogP contribution in [0.1, 0.15) is 18.9 Å². The van der Waals surface area contributed by atoms with Crippen LogP contribution in [0.2, 0.25) is 5.02 Å². The second-order valence-electron chi connectivity index (χ2n) is 7.66. The normalized spacial score (nSPS) is 14.9. The first-order chi connectivity index (χ1) is 14.5. The number of benzene rings is 2. The number of anilines is 1. The average molecular weight is 422 g/mol. The Balaban J connectivity index is 1.64. The van der Waals surface area contributed by atoms with Crippen LogP contribution in [0.5, 0.6) is 0 Å². The van der Waals surface area contributed by atoms with E-state index in [0.29, 0.717) is 17.1 Å². The number of nitrogens with one attached hydrogen (secondary N) is 1. The van der Waals surface area contributed by atoms with Gasteiger partial charge in [-0.2, -0.15) is 0 Å². The Morgan fingerprint density at radius 1 is 1.20 bits per heavy atom. The smallest absolute Gasteiger partial charge is 0.102 e. The number of halogens is 2. The summed E-state index contributed by atoms with van der Waals surface area (Å²) >= 11 is 6.43. The fraction of sp³-hybridized carbons (Fsp3) is 0.240. The number of hydrogen-bond donors (Lipinski definition) is 1. The van der Waals surface area contributed by atoms with Crippen molar-refractivity contribution >= 4 is 28.2 Å². The number of aromatic nitrogens is 1. The summed E-state index contributed by atoms with van der Waals surface area (Å²) in [6, 6.07) is 14.8. The maximum Gasteiger partial charge on any atom is 0.102 e. The lowest BCUT2D eigenvalue weighted by atomic mass is 10.0. The number of rotatable bonds is 7. The van der Waals surface area contributed by atoms with Gasteiger partial charge in [-0.05, 0) is 55.3 Å². The lowest BCUT2D eigenvalue weighted by molar-refractivity contribution is 0.172. The maximum absolute atomic E-state index is 13.6. The highest BCUT2D eigenvalue weighted by Crippen LogP contribution is 2.33. The van der Waals surface area contributed by atoms with E-state index in [1.165, 1.54) is 38.1 Å². The molecule has 154 valence electrons. The number of pyridine rings is 1. The van der Waals surface area contributed by atoms with Gasteiger partial charge in [0, 0.05) is 30.2 Å². The summed E-state index contributed by atoms with van der Waals surface area (Å²) in [6.45, 7) is 8.81. The third-order valence-electron chi connectivity index (χ3n) is 5.61. The summed E-state index contributed by atoms with van der Waals surface area (Å²) in [7, 11) is 0. The van der Waals surface area contributed by atoms with Crippen LogP contribution in [0.15, 0.2) is 72.7 Å². The minimum absolute atomic E-state index is 0.258. The molecule has 1 fully saturated rings. The predicted molar refractivity (Wildman–Crippen MR) is 125 cm³/mol. The SMILES string of the molecule is C=C/C(CNc1c(Cl)cnc2ccc(-c3ccc(CN4CCC4)cc3)cc12)=C(\C)F. The van der Waals surface area contributed by atoms with Gasteiger partial charge in [-0.15, -0.1) is 0 Å². The molecular weight excluding hydrogens is 397 g/mol. The van der Waals surface area contributed by atoms with Crippen molar-refractivity contribution in [1.29, 1.82) is 0 Å². The quantitative estimate of drug-likeness (QED) is 0.435. The van der Waals surface area contributed by atoms with Crippen molar-refractivity contribution < 1.29 is 4.39 Å². The Morgan fingerprint density at radius 2 is 1.93 bits per heavy atom. The van der Waals surface area contributed by atoms with Crippen LogP contribution >= 0.6 is 11.6 Å². The van der Waals surface area contributed by atoms with Gasteiger partial charge in [-0.3, -0.25) is 9.88 Å². The zero-order valence-electron chi connectivity index (χ0n) is 17.1. The number of fused-ring (bicyclic) bond motifs is 1. The second kappa shape index (κ2) is 8.99. The molecule has 1 saturated heterocycles. The van der Waals surface area contributed by atoms with Gasteiger partial charge >= 0.3 is 0 Å². The van der Waals surface area contributed by atoms with Crippen molar-refractivity contribution in [3.05, 3.63) is 83.3 Å². The number of hydrogen-bond acceptors (Lipinski definition) is 3. The molecule has 1 aliphatic heterocycles. The van der Waals surface area contributed by atoms with Gasteiger partial charge in [0.1, 0.15) is 5.83 Å². The fourth-order valence-electron chi connectivity index (χ4n) is 3.65. The highest BCUT2D eigenvalue weighted by atomic mass is 35.5. The van der Waals surface area contributed by atoms with Gasteiger partial charge in [-0.25, -0.2) is 4.39 Å². The fourth-order valence-corrected chi connectivity index (χ4v) is 3.86. The van der Waals surface area contributed by atoms with Gasteiger partial charge in [0.15, 0.2) is 0 Å². The molecule has 0 amide bonds. The topological polar surface area (TPSA) is 28.2 Å². The minimum atomic E-state index is -0.258. The molecule has 3 nitrogen and oxygen atoms in total. The lowest BCUT2D eigenvalue weighted by Crippen LogP contribution is -2.36. The Morgan fingerprint density at radius 3 is 2.57 bits per heavy atom. The summed E-state index contributed by atoms with van der Waals surface area (Å²) in [6.07, 6.45) is 4.44. The van der Waals surface area contributed by atoms with Crippen molar-refractivity contribution in [1.82, 2.24) is 9.88 Å². The molecule has 3 aromatic rings. The van der Waals surface area contributed by atoms with Gasteiger partial charge < -0.3 is 5.32 Å². The molecule has 1 N–H and O–H groups in total. The summed E-state index contributed by atoms with van der Waals surface area (Å²) in [5.74, 6) is -0.258. The summed E-state index contributed by atoms with van der Waals surface area (Å²) < 4.78 is 13.6. The molecule has 0 bridgehead atoms. The monoisotopic (exact) mass is 421 g/mol. The van der Waals surface area contributed by atoms with E-state index in [4.69, 9.17) is 11.6 Å². The zero-order valence-corrected chi connectivity index (χ0v) is 17.8. The number of allylic oxidation sites excluding steroid dienone is 1. The van der Waals surface area contributed by atoms with Crippen molar-refractivity contribution in [2.75, 3.05) is 25.0 Å². The van der Waals surface area contributed by atoms with Gasteiger partial charge in [0.2, 0.25) is 0 Å². The van der Waals surface area contributed by atoms with Crippen molar-refractivity contribution in [2.45, 2.75) is 19.9 Å². The molecular formula is C25H25ClFN3. The largest absolute Gasteiger partial charge is 0.379 e. The van der Waals surface area contributed by atoms with E-state index >= 15 is 0 Å². The third-order valence-corrected chi connectivity index (χ3v) is 5.89. The minimum Gasteiger partial charge on any atom is -0.379 e. The molecule has 2 aromatic carbocycles. The van der Waals surface area contributed by atoms with Crippen molar-refractivity contribution in [3.63, 3.8) is 0 Å². The number of nitrogens with zero attached hydrogens (tertiary/aromatic N) is 2. The van der Waals surface area contributed by atoms with Crippen LogP contribution in [-0.4, -0.2) is 29.5 Å². The standard InChI is InChI=1S/C25H25ClFN3/c1-3-19(17(2)27)14-29-25-22-13-21(9-10-24(22)28-15-23(25)26)20-7-5-18(6-8-20)16-30-11-4-12-30/h3,5-10,13,15H,1,4,11-12,14,16H2,2H3,(H,28,29)/b19-17-. The lowest BCUT2D eigenvalue weighted by Gasteiger charge is -2.30. The molecule has 0 spiro atoms. The third kappa shape index (κ3) is 4.40. The first-order valence-electron chi connectivity index (χ1n) is 10.2. The summed E-state index contributed by atoms with van der Waals surface area (Å²) in [5, 5.41) is 4.68. The van der Waals surface area contributed by atoms with Crippen LogP contribution in [0.4, 0.5) is 10.1 Å². The van der Waals surface area contributed by atoms with Gasteiger partial charge in [-0.1, -0.05) is 54.6 Å². The Labute approximate surface area is 181 Å². The molecule has 0 unspecified atom stereocenters. The summed E-state index contributed by atoms with van der Waals surface area (Å²) in [5.41, 5.74) is 5.65. The molecule has 0 radical (unpaired) electrons. The van der Waals surface area contributed by atoms with E-state index in [-0.39, 0.29) is 5.83 Å². The van der Waals surface area contributed by atoms with E-state index in [1.54, 1.807) is 6.20 Å². The molecule has 4 rings (SSSR count). The maximum atomic E-state index is 13.6. The zero-order chi connectivity index (χ0) is 21.1. The van der Waals surface area contributed by atoms with E-state index in [2.05, 4.69) is 58.2 Å². The highest BCUT2D eigenvalue weighted by Gasteiger charge is 2.14. The van der Waals surface area contributed by atoms with E-state index < -0.39 is 0 Å². The molecule has 30 heavy (non-hydrogen) atoms. The van der Waals surface area contributed by atoms with Crippen LogP contribution in [-0.2, 0) is 6.54 Å². The Kier molecular flexibility index (Phi) is 6.16. The van der Waals surface area contributed by atoms with Gasteiger partial charge in [0.05, 0.1) is 16.2 Å². The number of likely N-dealkylation sites (tertiary alicyclic amines) is 1. The predicted octanol–water partition coefficient (Wildman–Crippen LogP) is 6.60. The Bertz CT molecular complexity index is 1100. The van der Waals surface area contributed by atoms with E-state index in [9.17, 15) is 4.39 Å². The van der Waals surface area contributed by atoms with Crippen LogP contribution in [0, 0.1) is 0 Å². The van der Waals surface area contributed by atoms with E-state index in [0.717, 1.165) is 34.3 Å². The molecule has 0 aliphatic carbocycles. The highest BCUT2D eigenvalue weighted by molar-refractivity contribution is 6.34. The average Bonchev–Trinajstić information content (AvgIpc) is 2.72. The molecule has 0 atom stereocenters. The molecule has 1 aliphatic rings. The van der Waals surface area contributed by atoms with E-state index in [1.807, 2.05) is 6.07 Å². The van der Waals surface area contributed by atoms with Gasteiger partial charge in [0.25, 0.3) is 0 Å². The molecule has 1 aromatic heterocycles. The Hall–Kier alpha value is -2.69. The van der Waals surface area contributed by atoms with Crippen LogP contribution < -0.4 is 5.32 Å².